The van der Waals surface area contributed by atoms with Crippen LogP contribution in [0.4, 0.5) is 4.79 Å². The van der Waals surface area contributed by atoms with Gasteiger partial charge in [0.15, 0.2) is 5.96 Å². The fraction of sp³-hybridized carbons (Fsp3) is 0.895. The van der Waals surface area contributed by atoms with Crippen LogP contribution in [0.25, 0.3) is 0 Å². The minimum Gasteiger partial charge on any atom is -0.444 e. The number of nitrogens with zero attached hydrogens (tertiary/aromatic N) is 2. The zero-order chi connectivity index (χ0) is 20.1. The van der Waals surface area contributed by atoms with Crippen molar-refractivity contribution in [3.63, 3.8) is 0 Å². The molecular formula is C19H39N5O3. The van der Waals surface area contributed by atoms with Crippen LogP contribution in [-0.2, 0) is 9.47 Å². The molecule has 0 bridgehead atoms. The van der Waals surface area contributed by atoms with Crippen LogP contribution >= 0.6 is 0 Å². The molecule has 1 saturated heterocycles. The van der Waals surface area contributed by atoms with Gasteiger partial charge >= 0.3 is 6.09 Å². The van der Waals surface area contributed by atoms with Gasteiger partial charge in [0.25, 0.3) is 0 Å². The summed E-state index contributed by atoms with van der Waals surface area (Å²) in [6, 6.07) is 0.490. The molecule has 0 aromatic heterocycles. The molecule has 1 rings (SSSR count). The molecule has 158 valence electrons. The van der Waals surface area contributed by atoms with Crippen LogP contribution in [-0.4, -0.2) is 81.6 Å². The van der Waals surface area contributed by atoms with Crippen LogP contribution in [0.5, 0.6) is 0 Å². The zero-order valence-electron chi connectivity index (χ0n) is 17.8. The molecule has 0 aromatic carbocycles. The molecule has 1 atom stereocenters. The fourth-order valence-electron chi connectivity index (χ4n) is 2.94. The van der Waals surface area contributed by atoms with E-state index in [0.29, 0.717) is 12.6 Å². The lowest BCUT2D eigenvalue weighted by molar-refractivity contribution is 0.0527. The Hall–Kier alpha value is -1.54. The molecule has 1 aliphatic heterocycles. The molecule has 8 nitrogen and oxygen atoms in total. The van der Waals surface area contributed by atoms with Gasteiger partial charge in [0.05, 0.1) is 13.2 Å². The van der Waals surface area contributed by atoms with E-state index in [1.807, 2.05) is 20.8 Å². The number of likely N-dealkylation sites (tertiary alicyclic amines) is 1. The van der Waals surface area contributed by atoms with Gasteiger partial charge in [-0.05, 0) is 53.5 Å². The Balaban J connectivity index is 2.30. The first-order valence-corrected chi connectivity index (χ1v) is 10.1. The van der Waals surface area contributed by atoms with E-state index in [-0.39, 0.29) is 6.09 Å². The van der Waals surface area contributed by atoms with Crippen molar-refractivity contribution in [1.82, 2.24) is 20.9 Å². The van der Waals surface area contributed by atoms with Gasteiger partial charge in [0, 0.05) is 39.3 Å². The van der Waals surface area contributed by atoms with Gasteiger partial charge < -0.3 is 25.4 Å². The van der Waals surface area contributed by atoms with Crippen LogP contribution in [0, 0.1) is 0 Å². The van der Waals surface area contributed by atoms with Crippen molar-refractivity contribution in [2.24, 2.45) is 4.99 Å². The van der Waals surface area contributed by atoms with Gasteiger partial charge in [-0.15, -0.1) is 0 Å². The Morgan fingerprint density at radius 2 is 1.96 bits per heavy atom. The summed E-state index contributed by atoms with van der Waals surface area (Å²) in [5.41, 5.74) is -0.468. The summed E-state index contributed by atoms with van der Waals surface area (Å²) >= 11 is 0. The van der Waals surface area contributed by atoms with Gasteiger partial charge in [0.1, 0.15) is 5.60 Å². The van der Waals surface area contributed by atoms with Crippen LogP contribution in [0.2, 0.25) is 0 Å². The molecule has 0 aliphatic carbocycles. The van der Waals surface area contributed by atoms with Crippen molar-refractivity contribution in [3.8, 4) is 0 Å². The van der Waals surface area contributed by atoms with E-state index in [1.54, 1.807) is 7.11 Å². The number of carbonyl (C=O) groups is 1. The van der Waals surface area contributed by atoms with Crippen molar-refractivity contribution in [1.29, 1.82) is 0 Å². The lowest BCUT2D eigenvalue weighted by Crippen LogP contribution is -2.41. The third kappa shape index (κ3) is 11.0. The summed E-state index contributed by atoms with van der Waals surface area (Å²) < 4.78 is 10.4. The topological polar surface area (TPSA) is 87.2 Å². The van der Waals surface area contributed by atoms with Gasteiger partial charge in [-0.25, -0.2) is 4.79 Å². The summed E-state index contributed by atoms with van der Waals surface area (Å²) in [6.07, 6.45) is 2.84. The Bertz CT molecular complexity index is 451. The van der Waals surface area contributed by atoms with Gasteiger partial charge in [-0.1, -0.05) is 0 Å². The Labute approximate surface area is 164 Å². The maximum Gasteiger partial charge on any atom is 0.407 e. The number of rotatable bonds is 10. The summed E-state index contributed by atoms with van der Waals surface area (Å²) in [6.45, 7) is 13.4. The van der Waals surface area contributed by atoms with Crippen molar-refractivity contribution >= 4 is 12.1 Å². The molecule has 1 heterocycles. The minimum atomic E-state index is -0.468. The minimum absolute atomic E-state index is 0.375. The summed E-state index contributed by atoms with van der Waals surface area (Å²) in [7, 11) is 1.74. The molecule has 0 saturated carbocycles. The van der Waals surface area contributed by atoms with E-state index in [4.69, 9.17) is 14.5 Å². The van der Waals surface area contributed by atoms with E-state index >= 15 is 0 Å². The van der Waals surface area contributed by atoms with E-state index in [0.717, 1.165) is 51.7 Å². The number of methoxy groups -OCH3 is 1. The highest BCUT2D eigenvalue weighted by Gasteiger charge is 2.23. The van der Waals surface area contributed by atoms with Gasteiger partial charge in [0.2, 0.25) is 0 Å². The zero-order valence-corrected chi connectivity index (χ0v) is 17.8. The highest BCUT2D eigenvalue weighted by atomic mass is 16.6. The normalized spacial score (nSPS) is 18.4. The first-order valence-electron chi connectivity index (χ1n) is 10.1. The predicted octanol–water partition coefficient (Wildman–Crippen LogP) is 1.57. The first-order chi connectivity index (χ1) is 12.9. The standard InChI is InChI=1S/C19H39N5O3/c1-6-20-17(21-10-8-11-22-18(25)27-19(2,3)4)23-15-16-9-7-12-24(16)13-14-26-5/h16H,6-15H2,1-5H3,(H,22,25)(H2,20,21,23). The van der Waals surface area contributed by atoms with Crippen molar-refractivity contribution in [2.45, 2.75) is 58.6 Å². The molecule has 1 fully saturated rings. The molecule has 0 radical (unpaired) electrons. The maximum atomic E-state index is 11.6. The largest absolute Gasteiger partial charge is 0.444 e. The monoisotopic (exact) mass is 385 g/mol. The Kier molecular flexibility index (Phi) is 11.1. The van der Waals surface area contributed by atoms with Crippen molar-refractivity contribution in [2.75, 3.05) is 53.0 Å². The number of guanidine groups is 1. The van der Waals surface area contributed by atoms with E-state index in [9.17, 15) is 4.79 Å². The average molecular weight is 386 g/mol. The lowest BCUT2D eigenvalue weighted by Gasteiger charge is -2.23. The lowest BCUT2D eigenvalue weighted by atomic mass is 10.2. The molecule has 3 N–H and O–H groups in total. The number of carbonyl (C=O) groups excluding carboxylic acids is 1. The van der Waals surface area contributed by atoms with Gasteiger partial charge in [-0.3, -0.25) is 9.89 Å². The quantitative estimate of drug-likeness (QED) is 0.301. The van der Waals surface area contributed by atoms with Gasteiger partial charge in [-0.2, -0.15) is 0 Å². The molecule has 27 heavy (non-hydrogen) atoms. The molecule has 0 spiro atoms. The van der Waals surface area contributed by atoms with Crippen LogP contribution < -0.4 is 16.0 Å². The van der Waals surface area contributed by atoms with Crippen LogP contribution in [0.3, 0.4) is 0 Å². The number of alkyl carbamates (subject to hydrolysis) is 1. The third-order valence-corrected chi connectivity index (χ3v) is 4.20. The van der Waals surface area contributed by atoms with E-state index in [1.165, 1.54) is 12.8 Å². The van der Waals surface area contributed by atoms with E-state index < -0.39 is 5.60 Å². The smallest absolute Gasteiger partial charge is 0.407 e. The average Bonchev–Trinajstić information content (AvgIpc) is 3.03. The number of hydrogen-bond donors (Lipinski definition) is 3. The Morgan fingerprint density at radius 3 is 2.63 bits per heavy atom. The summed E-state index contributed by atoms with van der Waals surface area (Å²) in [5, 5.41) is 9.37. The van der Waals surface area contributed by atoms with Crippen LogP contribution in [0.15, 0.2) is 4.99 Å². The number of hydrogen-bond acceptors (Lipinski definition) is 5. The first kappa shape index (κ1) is 23.5. The van der Waals surface area contributed by atoms with E-state index in [2.05, 4.69) is 27.8 Å². The predicted molar refractivity (Wildman–Crippen MR) is 109 cm³/mol. The molecular weight excluding hydrogens is 346 g/mol. The highest BCUT2D eigenvalue weighted by molar-refractivity contribution is 5.79. The summed E-state index contributed by atoms with van der Waals surface area (Å²) in [5.74, 6) is 0.827. The second kappa shape index (κ2) is 12.8. The second-order valence-corrected chi connectivity index (χ2v) is 7.75. The number of aliphatic imine (C=N–C) groups is 1. The Morgan fingerprint density at radius 1 is 1.22 bits per heavy atom. The second-order valence-electron chi connectivity index (χ2n) is 7.75. The molecule has 0 aromatic rings. The number of nitrogens with one attached hydrogen (secondary N) is 3. The third-order valence-electron chi connectivity index (χ3n) is 4.20. The summed E-state index contributed by atoms with van der Waals surface area (Å²) in [4.78, 5) is 18.8. The fourth-order valence-corrected chi connectivity index (χ4v) is 2.94. The van der Waals surface area contributed by atoms with Crippen molar-refractivity contribution < 1.29 is 14.3 Å². The molecule has 1 amide bonds. The van der Waals surface area contributed by atoms with Crippen LogP contribution in [0.1, 0.15) is 47.0 Å². The number of ether oxygens (including phenoxy) is 2. The molecule has 8 heteroatoms. The molecule has 1 aliphatic rings. The number of amides is 1. The molecule has 1 unspecified atom stereocenters. The van der Waals surface area contributed by atoms with Crippen molar-refractivity contribution in [3.05, 3.63) is 0 Å². The highest BCUT2D eigenvalue weighted by Crippen LogP contribution is 2.16. The SMILES string of the molecule is CCNC(=NCC1CCCN1CCOC)NCCCNC(=O)OC(C)(C)C. The maximum absolute atomic E-state index is 11.6.